The van der Waals surface area contributed by atoms with E-state index in [1.165, 1.54) is 0 Å². The van der Waals surface area contributed by atoms with Gasteiger partial charge in [-0.05, 0) is 48.5 Å². The summed E-state index contributed by atoms with van der Waals surface area (Å²) in [6.07, 6.45) is -1.39. The molecule has 2 heterocycles. The number of carbonyl (C=O) groups excluding carboxylic acids is 3. The lowest BCUT2D eigenvalue weighted by atomic mass is 9.81. The van der Waals surface area contributed by atoms with E-state index in [0.29, 0.717) is 16.5 Å². The molecule has 9 nitrogen and oxygen atoms in total. The van der Waals surface area contributed by atoms with Crippen LogP contribution in [-0.4, -0.2) is 37.3 Å². The van der Waals surface area contributed by atoms with Gasteiger partial charge in [0.25, 0.3) is 0 Å². The number of carbonyl (C=O) groups is 3. The number of fused-ring (bicyclic) bond motifs is 1. The summed E-state index contributed by atoms with van der Waals surface area (Å²) in [5.41, 5.74) is 1.29. The first-order valence-electron chi connectivity index (χ1n) is 9.76. The van der Waals surface area contributed by atoms with Crippen molar-refractivity contribution in [3.8, 4) is 5.75 Å². The molecule has 31 heavy (non-hydrogen) atoms. The Morgan fingerprint density at radius 1 is 1.03 bits per heavy atom. The van der Waals surface area contributed by atoms with Crippen LogP contribution in [0.1, 0.15) is 6.42 Å². The number of hydrogen-bond donors (Lipinski definition) is 5. The molecule has 0 saturated carbocycles. The van der Waals surface area contributed by atoms with E-state index in [1.807, 2.05) is 0 Å². The third kappa shape index (κ3) is 4.73. The van der Waals surface area contributed by atoms with Crippen LogP contribution in [-0.2, 0) is 14.4 Å². The maximum absolute atomic E-state index is 12.9. The zero-order valence-corrected chi connectivity index (χ0v) is 17.4. The largest absolute Gasteiger partial charge is 0.497 e. The molecule has 4 atom stereocenters. The molecule has 4 rings (SSSR count). The van der Waals surface area contributed by atoms with E-state index >= 15 is 0 Å². The minimum Gasteiger partial charge on any atom is -0.497 e. The number of piperidine rings is 1. The number of anilines is 2. The summed E-state index contributed by atoms with van der Waals surface area (Å²) < 4.78 is 5.14. The highest BCUT2D eigenvalue weighted by atomic mass is 35.5. The number of halogens is 1. The lowest BCUT2D eigenvalue weighted by molar-refractivity contribution is -0.144. The van der Waals surface area contributed by atoms with E-state index in [2.05, 4.69) is 26.6 Å². The molecule has 0 bridgehead atoms. The molecule has 10 heteroatoms. The van der Waals surface area contributed by atoms with Crippen molar-refractivity contribution in [2.24, 2.45) is 11.8 Å². The molecular formula is C21H22ClN5O4. The topological polar surface area (TPSA) is 121 Å². The average Bonchev–Trinajstić information content (AvgIpc) is 2.75. The smallest absolute Gasteiger partial charge is 0.229 e. The fraction of sp³-hybridized carbons (Fsp3) is 0.286. The summed E-state index contributed by atoms with van der Waals surface area (Å²) in [6, 6.07) is 13.8. The van der Waals surface area contributed by atoms with Crippen molar-refractivity contribution in [3.05, 3.63) is 53.6 Å². The molecule has 0 aromatic heterocycles. The maximum atomic E-state index is 12.9. The third-order valence-corrected chi connectivity index (χ3v) is 5.55. The molecule has 0 spiro atoms. The van der Waals surface area contributed by atoms with Crippen LogP contribution in [0.15, 0.2) is 48.5 Å². The Hall–Kier alpha value is -3.30. The maximum Gasteiger partial charge on any atom is 0.229 e. The zero-order valence-electron chi connectivity index (χ0n) is 16.6. The lowest BCUT2D eigenvalue weighted by Gasteiger charge is -2.43. The molecule has 5 N–H and O–H groups in total. The van der Waals surface area contributed by atoms with Gasteiger partial charge in [-0.1, -0.05) is 11.6 Å². The number of methoxy groups -OCH3 is 1. The van der Waals surface area contributed by atoms with Crippen LogP contribution in [0.3, 0.4) is 0 Å². The van der Waals surface area contributed by atoms with Crippen molar-refractivity contribution in [1.82, 2.24) is 16.0 Å². The van der Waals surface area contributed by atoms with Gasteiger partial charge in [0, 0.05) is 22.8 Å². The highest BCUT2D eigenvalue weighted by Gasteiger charge is 2.48. The highest BCUT2D eigenvalue weighted by Crippen LogP contribution is 2.28. The minimum absolute atomic E-state index is 0.0771. The normalized spacial score (nSPS) is 25.0. The summed E-state index contributed by atoms with van der Waals surface area (Å²) in [7, 11) is 1.58. The third-order valence-electron chi connectivity index (χ3n) is 5.30. The Labute approximate surface area is 183 Å². The summed E-state index contributed by atoms with van der Waals surface area (Å²) in [5, 5.41) is 15.2. The van der Waals surface area contributed by atoms with Crippen LogP contribution < -0.4 is 31.3 Å². The van der Waals surface area contributed by atoms with E-state index in [9.17, 15) is 14.4 Å². The first kappa shape index (κ1) is 21.0. The van der Waals surface area contributed by atoms with Crippen LogP contribution in [0.5, 0.6) is 5.75 Å². The van der Waals surface area contributed by atoms with E-state index in [1.54, 1.807) is 55.6 Å². The highest BCUT2D eigenvalue weighted by molar-refractivity contribution is 6.30. The SMILES string of the molecule is COc1ccc(NC2NC(=O)C3C(NC(=O)CC3C(=O)Nc3ccc(Cl)cc3)N2)cc1. The molecular weight excluding hydrogens is 422 g/mol. The van der Waals surface area contributed by atoms with E-state index in [-0.39, 0.29) is 18.2 Å². The molecule has 2 aliphatic rings. The van der Waals surface area contributed by atoms with Gasteiger partial charge in [0.15, 0.2) is 6.29 Å². The molecule has 2 fully saturated rings. The molecule has 4 unspecified atom stereocenters. The van der Waals surface area contributed by atoms with Crippen molar-refractivity contribution >= 4 is 40.7 Å². The minimum atomic E-state index is -0.816. The second-order valence-corrected chi connectivity index (χ2v) is 7.80. The second kappa shape index (κ2) is 8.83. The Morgan fingerprint density at radius 2 is 1.71 bits per heavy atom. The quantitative estimate of drug-likeness (QED) is 0.477. The predicted octanol–water partition coefficient (Wildman–Crippen LogP) is 1.48. The summed E-state index contributed by atoms with van der Waals surface area (Å²) in [4.78, 5) is 38.0. The molecule has 0 radical (unpaired) electrons. The fourth-order valence-electron chi connectivity index (χ4n) is 3.78. The van der Waals surface area contributed by atoms with Gasteiger partial charge >= 0.3 is 0 Å². The molecule has 2 aromatic rings. The van der Waals surface area contributed by atoms with Gasteiger partial charge in [0.2, 0.25) is 17.7 Å². The molecule has 0 aliphatic carbocycles. The van der Waals surface area contributed by atoms with Crippen LogP contribution >= 0.6 is 11.6 Å². The molecule has 2 aromatic carbocycles. The van der Waals surface area contributed by atoms with Gasteiger partial charge in [-0.2, -0.15) is 0 Å². The zero-order chi connectivity index (χ0) is 22.0. The Balaban J connectivity index is 1.45. The van der Waals surface area contributed by atoms with Gasteiger partial charge in [0.05, 0.1) is 25.1 Å². The first-order chi connectivity index (χ1) is 14.9. The number of hydrogen-bond acceptors (Lipinski definition) is 6. The summed E-state index contributed by atoms with van der Waals surface area (Å²) in [5.74, 6) is -1.89. The molecule has 2 aliphatic heterocycles. The fourth-order valence-corrected chi connectivity index (χ4v) is 3.90. The lowest BCUT2D eigenvalue weighted by Crippen LogP contribution is -2.72. The van der Waals surface area contributed by atoms with E-state index < -0.39 is 30.2 Å². The van der Waals surface area contributed by atoms with Crippen LogP contribution in [0, 0.1) is 11.8 Å². The number of ether oxygens (including phenoxy) is 1. The summed E-state index contributed by atoms with van der Waals surface area (Å²) in [6.45, 7) is 0. The number of nitrogens with one attached hydrogen (secondary N) is 5. The van der Waals surface area contributed by atoms with Crippen molar-refractivity contribution in [3.63, 3.8) is 0 Å². The standard InChI is InChI=1S/C21H22ClN5O4/c1-31-14-8-6-13(7-9-14)24-21-26-18-17(20(30)27-21)15(10-16(28)25-18)19(29)23-12-4-2-11(22)3-5-12/h2-9,15,17-18,21,24,26H,10H2,1H3,(H,23,29)(H,25,28)(H,27,30). The second-order valence-electron chi connectivity index (χ2n) is 7.36. The summed E-state index contributed by atoms with van der Waals surface area (Å²) >= 11 is 5.87. The van der Waals surface area contributed by atoms with E-state index in [0.717, 1.165) is 5.69 Å². The Kier molecular flexibility index (Phi) is 5.97. The Morgan fingerprint density at radius 3 is 2.39 bits per heavy atom. The van der Waals surface area contributed by atoms with Gasteiger partial charge in [-0.15, -0.1) is 0 Å². The van der Waals surface area contributed by atoms with Gasteiger partial charge in [0.1, 0.15) is 5.75 Å². The van der Waals surface area contributed by atoms with E-state index in [4.69, 9.17) is 16.3 Å². The Bertz CT molecular complexity index is 982. The van der Waals surface area contributed by atoms with Crippen molar-refractivity contribution < 1.29 is 19.1 Å². The number of rotatable bonds is 5. The van der Waals surface area contributed by atoms with Gasteiger partial charge in [-0.3, -0.25) is 19.7 Å². The number of benzene rings is 2. The molecule has 3 amide bonds. The van der Waals surface area contributed by atoms with Crippen molar-refractivity contribution in [2.45, 2.75) is 18.9 Å². The van der Waals surface area contributed by atoms with Crippen molar-refractivity contribution in [2.75, 3.05) is 17.7 Å². The van der Waals surface area contributed by atoms with Crippen LogP contribution in [0.2, 0.25) is 5.02 Å². The first-order valence-corrected chi connectivity index (χ1v) is 10.1. The number of amides is 3. The monoisotopic (exact) mass is 443 g/mol. The van der Waals surface area contributed by atoms with Gasteiger partial charge in [-0.25, -0.2) is 0 Å². The predicted molar refractivity (Wildman–Crippen MR) is 115 cm³/mol. The van der Waals surface area contributed by atoms with Crippen molar-refractivity contribution in [1.29, 1.82) is 0 Å². The van der Waals surface area contributed by atoms with Crippen LogP contribution in [0.4, 0.5) is 11.4 Å². The van der Waals surface area contributed by atoms with Gasteiger partial charge < -0.3 is 26.0 Å². The van der Waals surface area contributed by atoms with Crippen LogP contribution in [0.25, 0.3) is 0 Å². The molecule has 162 valence electrons. The average molecular weight is 444 g/mol. The molecule has 2 saturated heterocycles.